The standard InChI is InChI=1S/C8H15F2N.ClH/c1-8(9,10)6-7-2-4-11-5-3-7;/h7,11H,2-6H2,1H3;1H. The minimum absolute atomic E-state index is 0. The Labute approximate surface area is 78.3 Å². The number of halogens is 3. The SMILES string of the molecule is CC(F)(F)CC1CCNCC1.Cl. The van der Waals surface area contributed by atoms with E-state index in [9.17, 15) is 8.78 Å². The van der Waals surface area contributed by atoms with Gasteiger partial charge in [0, 0.05) is 6.42 Å². The normalized spacial score (nSPS) is 20.2. The van der Waals surface area contributed by atoms with Gasteiger partial charge in [-0.25, -0.2) is 8.78 Å². The van der Waals surface area contributed by atoms with Crippen LogP contribution in [-0.2, 0) is 0 Å². The molecule has 0 aromatic rings. The van der Waals surface area contributed by atoms with Crippen molar-refractivity contribution in [1.82, 2.24) is 5.32 Å². The summed E-state index contributed by atoms with van der Waals surface area (Å²) in [7, 11) is 0. The summed E-state index contributed by atoms with van der Waals surface area (Å²) in [4.78, 5) is 0. The van der Waals surface area contributed by atoms with Crippen LogP contribution in [0.3, 0.4) is 0 Å². The van der Waals surface area contributed by atoms with E-state index in [4.69, 9.17) is 0 Å². The van der Waals surface area contributed by atoms with Gasteiger partial charge in [0.25, 0.3) is 0 Å². The third kappa shape index (κ3) is 4.88. The quantitative estimate of drug-likeness (QED) is 0.721. The first kappa shape index (κ1) is 12.1. The van der Waals surface area contributed by atoms with Crippen LogP contribution < -0.4 is 5.32 Å². The number of rotatable bonds is 2. The van der Waals surface area contributed by atoms with Gasteiger partial charge >= 0.3 is 0 Å². The molecule has 0 aromatic carbocycles. The fraction of sp³-hybridized carbons (Fsp3) is 1.00. The van der Waals surface area contributed by atoms with E-state index in [1.807, 2.05) is 0 Å². The zero-order valence-corrected chi connectivity index (χ0v) is 8.09. The Morgan fingerprint density at radius 2 is 1.83 bits per heavy atom. The van der Waals surface area contributed by atoms with Crippen molar-refractivity contribution in [3.8, 4) is 0 Å². The summed E-state index contributed by atoms with van der Waals surface area (Å²) in [5, 5.41) is 3.16. The second-order valence-electron chi connectivity index (χ2n) is 3.47. The first-order valence-electron chi connectivity index (χ1n) is 4.16. The van der Waals surface area contributed by atoms with Crippen molar-refractivity contribution in [1.29, 1.82) is 0 Å². The summed E-state index contributed by atoms with van der Waals surface area (Å²) >= 11 is 0. The van der Waals surface area contributed by atoms with Crippen molar-refractivity contribution in [2.75, 3.05) is 13.1 Å². The zero-order valence-electron chi connectivity index (χ0n) is 7.28. The van der Waals surface area contributed by atoms with Crippen molar-refractivity contribution < 1.29 is 8.78 Å². The largest absolute Gasteiger partial charge is 0.317 e. The van der Waals surface area contributed by atoms with Crippen LogP contribution >= 0.6 is 12.4 Å². The molecule has 1 nitrogen and oxygen atoms in total. The molecule has 1 saturated heterocycles. The first-order chi connectivity index (χ1) is 5.08. The Balaban J connectivity index is 0.00000121. The predicted molar refractivity (Wildman–Crippen MR) is 48.1 cm³/mol. The van der Waals surface area contributed by atoms with E-state index >= 15 is 0 Å². The number of piperidine rings is 1. The van der Waals surface area contributed by atoms with Gasteiger partial charge in [-0.05, 0) is 38.8 Å². The molecule has 0 radical (unpaired) electrons. The van der Waals surface area contributed by atoms with Crippen molar-refractivity contribution in [2.45, 2.75) is 32.1 Å². The second kappa shape index (κ2) is 4.97. The molecule has 1 fully saturated rings. The molecule has 1 heterocycles. The van der Waals surface area contributed by atoms with Crippen LogP contribution in [0.15, 0.2) is 0 Å². The van der Waals surface area contributed by atoms with Crippen LogP contribution in [0.2, 0.25) is 0 Å². The Hall–Kier alpha value is 0.110. The molecular weight excluding hydrogens is 184 g/mol. The first-order valence-corrected chi connectivity index (χ1v) is 4.16. The van der Waals surface area contributed by atoms with Crippen molar-refractivity contribution in [3.05, 3.63) is 0 Å². The lowest BCUT2D eigenvalue weighted by atomic mass is 9.92. The molecule has 0 aliphatic carbocycles. The van der Waals surface area contributed by atoms with E-state index in [2.05, 4.69) is 5.32 Å². The highest BCUT2D eigenvalue weighted by Crippen LogP contribution is 2.27. The summed E-state index contributed by atoms with van der Waals surface area (Å²) in [5.41, 5.74) is 0. The molecule has 0 saturated carbocycles. The Morgan fingerprint density at radius 1 is 1.33 bits per heavy atom. The summed E-state index contributed by atoms with van der Waals surface area (Å²) < 4.78 is 25.0. The van der Waals surface area contributed by atoms with E-state index in [1.54, 1.807) is 0 Å². The maximum atomic E-state index is 12.5. The van der Waals surface area contributed by atoms with E-state index in [0.717, 1.165) is 32.9 Å². The van der Waals surface area contributed by atoms with E-state index in [0.29, 0.717) is 0 Å². The molecule has 0 spiro atoms. The molecule has 0 bridgehead atoms. The Kier molecular flexibility index (Phi) is 5.02. The fourth-order valence-corrected chi connectivity index (χ4v) is 1.59. The lowest BCUT2D eigenvalue weighted by Gasteiger charge is -2.24. The molecular formula is C8H16ClF2N. The van der Waals surface area contributed by atoms with Gasteiger partial charge in [0.2, 0.25) is 5.92 Å². The predicted octanol–water partition coefficient (Wildman–Crippen LogP) is 2.45. The van der Waals surface area contributed by atoms with Crippen molar-refractivity contribution in [2.24, 2.45) is 5.92 Å². The molecule has 0 aromatic heterocycles. The lowest BCUT2D eigenvalue weighted by molar-refractivity contribution is -0.00752. The molecule has 0 atom stereocenters. The maximum Gasteiger partial charge on any atom is 0.245 e. The van der Waals surface area contributed by atoms with Crippen LogP contribution in [0.5, 0.6) is 0 Å². The van der Waals surface area contributed by atoms with Crippen LogP contribution in [0.25, 0.3) is 0 Å². The maximum absolute atomic E-state index is 12.5. The molecule has 0 unspecified atom stereocenters. The molecule has 1 aliphatic rings. The smallest absolute Gasteiger partial charge is 0.245 e. The van der Waals surface area contributed by atoms with Gasteiger partial charge in [0.15, 0.2) is 0 Å². The lowest BCUT2D eigenvalue weighted by Crippen LogP contribution is -2.30. The van der Waals surface area contributed by atoms with E-state index in [1.165, 1.54) is 0 Å². The number of alkyl halides is 2. The number of hydrogen-bond donors (Lipinski definition) is 1. The summed E-state index contributed by atoms with van der Waals surface area (Å²) in [6, 6.07) is 0. The van der Waals surface area contributed by atoms with Gasteiger partial charge in [-0.2, -0.15) is 0 Å². The van der Waals surface area contributed by atoms with Gasteiger partial charge in [-0.3, -0.25) is 0 Å². The molecule has 1 aliphatic heterocycles. The summed E-state index contributed by atoms with van der Waals surface area (Å²) in [6.45, 7) is 2.82. The van der Waals surface area contributed by atoms with Crippen LogP contribution in [-0.4, -0.2) is 19.0 Å². The molecule has 12 heavy (non-hydrogen) atoms. The Morgan fingerprint density at radius 3 is 2.25 bits per heavy atom. The monoisotopic (exact) mass is 199 g/mol. The topological polar surface area (TPSA) is 12.0 Å². The fourth-order valence-electron chi connectivity index (χ4n) is 1.59. The minimum Gasteiger partial charge on any atom is -0.317 e. The summed E-state index contributed by atoms with van der Waals surface area (Å²) in [6.07, 6.45) is 1.88. The highest BCUT2D eigenvalue weighted by molar-refractivity contribution is 5.85. The zero-order chi connectivity index (χ0) is 8.32. The van der Waals surface area contributed by atoms with Crippen LogP contribution in [0.1, 0.15) is 26.2 Å². The van der Waals surface area contributed by atoms with Gasteiger partial charge in [-0.1, -0.05) is 0 Å². The molecule has 1 N–H and O–H groups in total. The second-order valence-corrected chi connectivity index (χ2v) is 3.47. The third-order valence-electron chi connectivity index (χ3n) is 2.11. The van der Waals surface area contributed by atoms with E-state index in [-0.39, 0.29) is 24.7 Å². The molecule has 1 rings (SSSR count). The van der Waals surface area contributed by atoms with Gasteiger partial charge < -0.3 is 5.32 Å². The number of nitrogens with one attached hydrogen (secondary N) is 1. The number of hydrogen-bond acceptors (Lipinski definition) is 1. The van der Waals surface area contributed by atoms with Crippen LogP contribution in [0, 0.1) is 5.92 Å². The molecule has 0 amide bonds. The summed E-state index contributed by atoms with van der Waals surface area (Å²) in [5.74, 6) is -2.24. The molecule has 74 valence electrons. The highest BCUT2D eigenvalue weighted by Gasteiger charge is 2.27. The van der Waals surface area contributed by atoms with Gasteiger partial charge in [0.1, 0.15) is 0 Å². The average Bonchev–Trinajstić information content (AvgIpc) is 1.85. The molecule has 4 heteroatoms. The highest BCUT2D eigenvalue weighted by atomic mass is 35.5. The van der Waals surface area contributed by atoms with E-state index < -0.39 is 5.92 Å². The van der Waals surface area contributed by atoms with Crippen molar-refractivity contribution >= 4 is 12.4 Å². The minimum atomic E-state index is -2.47. The van der Waals surface area contributed by atoms with Crippen molar-refractivity contribution in [3.63, 3.8) is 0 Å². The van der Waals surface area contributed by atoms with Crippen LogP contribution in [0.4, 0.5) is 8.78 Å². The third-order valence-corrected chi connectivity index (χ3v) is 2.11. The Bertz CT molecular complexity index is 119. The average molecular weight is 200 g/mol. The van der Waals surface area contributed by atoms with Gasteiger partial charge in [-0.15, -0.1) is 12.4 Å². The van der Waals surface area contributed by atoms with Gasteiger partial charge in [0.05, 0.1) is 0 Å².